The maximum absolute atomic E-state index is 12.8. The number of benzene rings is 1. The first kappa shape index (κ1) is 21.5. The van der Waals surface area contributed by atoms with Gasteiger partial charge < -0.3 is 0 Å². The highest BCUT2D eigenvalue weighted by molar-refractivity contribution is 7.91. The zero-order valence-corrected chi connectivity index (χ0v) is 18.4. The fourth-order valence-corrected chi connectivity index (χ4v) is 7.09. The molecule has 1 aromatic carbocycles. The molecule has 0 unspecified atom stereocenters. The van der Waals surface area contributed by atoms with Crippen LogP contribution in [0, 0.1) is 35.0 Å². The van der Waals surface area contributed by atoms with E-state index in [0.717, 1.165) is 18.3 Å². The molecule has 0 bridgehead atoms. The van der Waals surface area contributed by atoms with E-state index in [0.29, 0.717) is 16.7 Å². The van der Waals surface area contributed by atoms with Gasteiger partial charge in [-0.3, -0.25) is 0 Å². The Kier molecular flexibility index (Phi) is 6.98. The average Bonchev–Trinajstić information content (AvgIpc) is 2.88. The van der Waals surface area contributed by atoms with Gasteiger partial charge in [0.25, 0.3) is 0 Å². The van der Waals surface area contributed by atoms with Gasteiger partial charge in [-0.15, -0.1) is 0 Å². The van der Waals surface area contributed by atoms with Crippen molar-refractivity contribution in [3.63, 3.8) is 0 Å². The van der Waals surface area contributed by atoms with Crippen LogP contribution in [0.1, 0.15) is 67.2 Å². The Morgan fingerprint density at radius 1 is 0.923 bits per heavy atom. The second kappa shape index (κ2) is 8.46. The van der Waals surface area contributed by atoms with Gasteiger partial charge in [-0.25, -0.2) is 8.42 Å². The van der Waals surface area contributed by atoms with Crippen molar-refractivity contribution in [2.45, 2.75) is 72.1 Å². The van der Waals surface area contributed by atoms with E-state index in [-0.39, 0.29) is 17.1 Å². The van der Waals surface area contributed by atoms with Crippen molar-refractivity contribution < 1.29 is 8.42 Å². The lowest BCUT2D eigenvalue weighted by molar-refractivity contribution is 0.105. The normalized spacial score (nSPS) is 25.3. The Labute approximate surface area is 161 Å². The minimum absolute atomic E-state index is 0.192. The number of hydrogen-bond acceptors (Lipinski definition) is 2. The van der Waals surface area contributed by atoms with Crippen LogP contribution in [0.25, 0.3) is 0 Å². The highest BCUT2D eigenvalue weighted by Gasteiger charge is 2.47. The Hall–Kier alpha value is -0.830. The molecule has 0 amide bonds. The molecule has 2 rings (SSSR count). The van der Waals surface area contributed by atoms with Gasteiger partial charge in [0.2, 0.25) is 0 Å². The maximum atomic E-state index is 12.8. The van der Waals surface area contributed by atoms with Crippen LogP contribution in [-0.4, -0.2) is 14.2 Å². The molecular weight excluding hydrogens is 340 g/mol. The zero-order chi connectivity index (χ0) is 19.5. The molecule has 1 aliphatic carbocycles. The largest absolute Gasteiger partial charge is 0.224 e. The van der Waals surface area contributed by atoms with Gasteiger partial charge in [0.1, 0.15) is 0 Å². The molecule has 0 aromatic heterocycles. The molecule has 4 atom stereocenters. The molecule has 1 aromatic rings. The Balaban J connectivity index is 2.07. The van der Waals surface area contributed by atoms with Crippen LogP contribution in [0.15, 0.2) is 35.2 Å². The third kappa shape index (κ3) is 4.91. The quantitative estimate of drug-likeness (QED) is 0.538. The predicted molar refractivity (Wildman–Crippen MR) is 111 cm³/mol. The van der Waals surface area contributed by atoms with E-state index in [9.17, 15) is 8.42 Å². The summed E-state index contributed by atoms with van der Waals surface area (Å²) < 4.78 is 25.6. The van der Waals surface area contributed by atoms with E-state index in [4.69, 9.17) is 0 Å². The molecule has 0 radical (unpaired) electrons. The minimum Gasteiger partial charge on any atom is -0.224 e. The van der Waals surface area contributed by atoms with Crippen molar-refractivity contribution in [2.24, 2.45) is 35.0 Å². The van der Waals surface area contributed by atoms with Crippen LogP contribution in [0.3, 0.4) is 0 Å². The molecule has 3 heteroatoms. The summed E-state index contributed by atoms with van der Waals surface area (Å²) in [4.78, 5) is 0.463. The number of hydrogen-bond donors (Lipinski definition) is 0. The molecule has 26 heavy (non-hydrogen) atoms. The molecule has 148 valence electrons. The second-order valence-corrected chi connectivity index (χ2v) is 11.7. The monoisotopic (exact) mass is 378 g/mol. The summed E-state index contributed by atoms with van der Waals surface area (Å²) in [6, 6.07) is 8.93. The highest BCUT2D eigenvalue weighted by atomic mass is 32.2. The smallest absolute Gasteiger partial charge is 0.178 e. The van der Waals surface area contributed by atoms with Crippen molar-refractivity contribution in [3.8, 4) is 0 Å². The van der Waals surface area contributed by atoms with Gasteiger partial charge >= 0.3 is 0 Å². The van der Waals surface area contributed by atoms with E-state index in [1.807, 2.05) is 18.2 Å². The lowest BCUT2D eigenvalue weighted by Gasteiger charge is -2.39. The summed E-state index contributed by atoms with van der Waals surface area (Å²) in [5, 5.41) is 0. The minimum atomic E-state index is -3.21. The van der Waals surface area contributed by atoms with Crippen LogP contribution in [0.2, 0.25) is 0 Å². The van der Waals surface area contributed by atoms with Gasteiger partial charge in [-0.1, -0.05) is 72.6 Å². The number of sulfone groups is 1. The summed E-state index contributed by atoms with van der Waals surface area (Å²) in [6.45, 7) is 13.9. The van der Waals surface area contributed by atoms with E-state index in [1.165, 1.54) is 19.3 Å². The van der Waals surface area contributed by atoms with Crippen LogP contribution in [0.5, 0.6) is 0 Å². The van der Waals surface area contributed by atoms with Crippen molar-refractivity contribution in [3.05, 3.63) is 30.3 Å². The summed E-state index contributed by atoms with van der Waals surface area (Å²) in [5.74, 6) is 3.11. The molecule has 0 N–H and O–H groups in total. The Morgan fingerprint density at radius 2 is 1.46 bits per heavy atom. The highest BCUT2D eigenvalue weighted by Crippen LogP contribution is 2.54. The fourth-order valence-electron chi connectivity index (χ4n) is 5.40. The molecule has 0 spiro atoms. The molecule has 0 aliphatic heterocycles. The van der Waals surface area contributed by atoms with Gasteiger partial charge in [-0.05, 0) is 60.0 Å². The SMILES string of the molecule is CC(C)CC[C@H](C)[C@@H]1CC[C@H]([C@H](C)CS(=O)(=O)c2ccccc2)C1(C)C. The molecule has 0 heterocycles. The van der Waals surface area contributed by atoms with Crippen molar-refractivity contribution in [2.75, 3.05) is 5.75 Å². The summed E-state index contributed by atoms with van der Waals surface area (Å²) in [6.07, 6.45) is 4.98. The lowest BCUT2D eigenvalue weighted by atomic mass is 9.67. The van der Waals surface area contributed by atoms with Crippen LogP contribution in [-0.2, 0) is 9.84 Å². The summed E-state index contributed by atoms with van der Waals surface area (Å²) >= 11 is 0. The van der Waals surface area contributed by atoms with Crippen molar-refractivity contribution in [1.82, 2.24) is 0 Å². The van der Waals surface area contributed by atoms with Crippen LogP contribution in [0.4, 0.5) is 0 Å². The van der Waals surface area contributed by atoms with Gasteiger partial charge in [0.15, 0.2) is 9.84 Å². The van der Waals surface area contributed by atoms with E-state index < -0.39 is 9.84 Å². The fraction of sp³-hybridized carbons (Fsp3) is 0.739. The van der Waals surface area contributed by atoms with Crippen LogP contribution < -0.4 is 0 Å². The molecule has 1 saturated carbocycles. The summed E-state index contributed by atoms with van der Waals surface area (Å²) in [5.41, 5.74) is 0.210. The van der Waals surface area contributed by atoms with Gasteiger partial charge in [0.05, 0.1) is 10.6 Å². The average molecular weight is 379 g/mol. The first-order chi connectivity index (χ1) is 12.1. The molecular formula is C23H38O2S. The lowest BCUT2D eigenvalue weighted by Crippen LogP contribution is -2.34. The first-order valence-electron chi connectivity index (χ1n) is 10.3. The Morgan fingerprint density at radius 3 is 2.00 bits per heavy atom. The molecule has 2 nitrogen and oxygen atoms in total. The van der Waals surface area contributed by atoms with Gasteiger partial charge in [-0.2, -0.15) is 0 Å². The van der Waals surface area contributed by atoms with Gasteiger partial charge in [0, 0.05) is 0 Å². The maximum Gasteiger partial charge on any atom is 0.178 e. The van der Waals surface area contributed by atoms with Crippen molar-refractivity contribution in [1.29, 1.82) is 0 Å². The van der Waals surface area contributed by atoms with E-state index in [2.05, 4.69) is 41.5 Å². The molecule has 0 saturated heterocycles. The third-order valence-corrected chi connectivity index (χ3v) is 8.81. The topological polar surface area (TPSA) is 34.1 Å². The van der Waals surface area contributed by atoms with E-state index >= 15 is 0 Å². The zero-order valence-electron chi connectivity index (χ0n) is 17.5. The Bertz CT molecular complexity index is 661. The van der Waals surface area contributed by atoms with Crippen molar-refractivity contribution >= 4 is 9.84 Å². The third-order valence-electron chi connectivity index (χ3n) is 6.86. The summed E-state index contributed by atoms with van der Waals surface area (Å²) in [7, 11) is -3.21. The first-order valence-corrected chi connectivity index (χ1v) is 12.0. The predicted octanol–water partition coefficient (Wildman–Crippen LogP) is 6.22. The second-order valence-electron chi connectivity index (χ2n) is 9.63. The number of rotatable bonds is 8. The molecule has 1 aliphatic rings. The van der Waals surface area contributed by atoms with E-state index in [1.54, 1.807) is 12.1 Å². The van der Waals surface area contributed by atoms with Crippen LogP contribution >= 0.6 is 0 Å². The standard InChI is InChI=1S/C23H38O2S/c1-17(2)12-13-18(3)21-14-15-22(23(21,5)6)19(4)16-26(24,25)20-10-8-7-9-11-20/h7-11,17-19,21-22H,12-16H2,1-6H3/t18-,19+,21-,22+/m0/s1. The molecule has 1 fully saturated rings.